The van der Waals surface area contributed by atoms with Crippen molar-refractivity contribution in [2.45, 2.75) is 6.54 Å². The molecule has 0 atom stereocenters. The molecule has 4 nitrogen and oxygen atoms in total. The zero-order valence-electron chi connectivity index (χ0n) is 8.92. The summed E-state index contributed by atoms with van der Waals surface area (Å²) in [6, 6.07) is 12.0. The number of benzene rings is 1. The van der Waals surface area contributed by atoms with Crippen LogP contribution in [0.1, 0.15) is 5.56 Å². The molecule has 3 rings (SSSR count). The van der Waals surface area contributed by atoms with Crippen molar-refractivity contribution < 1.29 is 0 Å². The Morgan fingerprint density at radius 3 is 2.76 bits per heavy atom. The highest BCUT2D eigenvalue weighted by Crippen LogP contribution is 2.13. The van der Waals surface area contributed by atoms with Crippen LogP contribution in [0.2, 0.25) is 0 Å². The van der Waals surface area contributed by atoms with Crippen LogP contribution >= 0.6 is 15.9 Å². The Morgan fingerprint density at radius 2 is 1.94 bits per heavy atom. The molecule has 0 saturated heterocycles. The van der Waals surface area contributed by atoms with Crippen molar-refractivity contribution in [2.75, 3.05) is 0 Å². The van der Waals surface area contributed by atoms with Crippen molar-refractivity contribution in [1.82, 2.24) is 20.0 Å². The Kier molecular flexibility index (Phi) is 2.60. The molecule has 5 heteroatoms. The molecule has 0 aliphatic heterocycles. The molecule has 0 aliphatic carbocycles. The van der Waals surface area contributed by atoms with E-state index in [1.165, 1.54) is 5.56 Å². The lowest BCUT2D eigenvalue weighted by Crippen LogP contribution is -2.03. The van der Waals surface area contributed by atoms with Gasteiger partial charge in [-0.1, -0.05) is 30.3 Å². The lowest BCUT2D eigenvalue weighted by atomic mass is 10.2. The number of nitrogens with zero attached hydrogens (tertiary/aromatic N) is 4. The molecule has 3 aromatic rings. The third-order valence-corrected chi connectivity index (χ3v) is 2.85. The molecule has 84 valence electrons. The minimum atomic E-state index is 0.662. The number of halogens is 1. The predicted octanol–water partition coefficient (Wildman–Crippen LogP) is 2.64. The number of hydrogen-bond donors (Lipinski definition) is 0. The zero-order valence-corrected chi connectivity index (χ0v) is 10.5. The van der Waals surface area contributed by atoms with Gasteiger partial charge in [0.1, 0.15) is 5.52 Å². The summed E-state index contributed by atoms with van der Waals surface area (Å²) in [5.74, 6) is 0. The molecule has 0 amide bonds. The second-order valence-electron chi connectivity index (χ2n) is 3.71. The molecule has 0 saturated carbocycles. The summed E-state index contributed by atoms with van der Waals surface area (Å²) in [4.78, 5) is 5.87. The van der Waals surface area contributed by atoms with Crippen molar-refractivity contribution in [3.05, 3.63) is 52.6 Å². The van der Waals surface area contributed by atoms with Crippen molar-refractivity contribution in [3.8, 4) is 0 Å². The minimum absolute atomic E-state index is 0.662. The van der Waals surface area contributed by atoms with Crippen LogP contribution in [0.5, 0.6) is 0 Å². The normalized spacial score (nSPS) is 10.9. The third-order valence-electron chi connectivity index (χ3n) is 2.41. The number of aromatic nitrogens is 4. The largest absolute Gasteiger partial charge is 0.232 e. The molecule has 0 spiro atoms. The Bertz CT molecular complexity index is 648. The van der Waals surface area contributed by atoms with E-state index in [0.29, 0.717) is 12.2 Å². The van der Waals surface area contributed by atoms with Gasteiger partial charge in [-0.25, -0.2) is 4.98 Å². The predicted molar refractivity (Wildman–Crippen MR) is 68.6 cm³/mol. The van der Waals surface area contributed by atoms with Gasteiger partial charge in [-0.05, 0) is 27.6 Å². The quantitative estimate of drug-likeness (QED) is 0.728. The molecule has 0 N–H and O–H groups in total. The smallest absolute Gasteiger partial charge is 0.201 e. The van der Waals surface area contributed by atoms with E-state index in [-0.39, 0.29) is 0 Å². The fraction of sp³-hybridized carbons (Fsp3) is 0.0833. The first-order chi connectivity index (χ1) is 8.31. The Morgan fingerprint density at radius 1 is 1.12 bits per heavy atom. The van der Waals surface area contributed by atoms with Crippen LogP contribution in [0.3, 0.4) is 0 Å². The van der Waals surface area contributed by atoms with E-state index < -0.39 is 0 Å². The van der Waals surface area contributed by atoms with Crippen LogP contribution in [0.25, 0.3) is 11.2 Å². The van der Waals surface area contributed by atoms with E-state index in [1.807, 2.05) is 24.3 Å². The fourth-order valence-corrected chi connectivity index (χ4v) is 1.96. The van der Waals surface area contributed by atoms with E-state index in [2.05, 4.69) is 43.2 Å². The first-order valence-electron chi connectivity index (χ1n) is 5.21. The van der Waals surface area contributed by atoms with Gasteiger partial charge in [-0.15, -0.1) is 5.10 Å². The monoisotopic (exact) mass is 288 g/mol. The summed E-state index contributed by atoms with van der Waals surface area (Å²) in [7, 11) is 0. The number of pyridine rings is 1. The second-order valence-corrected chi connectivity index (χ2v) is 4.63. The SMILES string of the molecule is Brc1cnc2nn(Cc3ccccc3)nc2c1. The molecular weight excluding hydrogens is 280 g/mol. The van der Waals surface area contributed by atoms with Crippen LogP contribution in [-0.4, -0.2) is 20.0 Å². The summed E-state index contributed by atoms with van der Waals surface area (Å²) in [6.45, 7) is 0.662. The van der Waals surface area contributed by atoms with Gasteiger partial charge in [0.2, 0.25) is 5.65 Å². The lowest BCUT2D eigenvalue weighted by Gasteiger charge is -1.98. The molecule has 0 radical (unpaired) electrons. The van der Waals surface area contributed by atoms with Crippen molar-refractivity contribution in [1.29, 1.82) is 0 Å². The van der Waals surface area contributed by atoms with Crippen LogP contribution in [0.4, 0.5) is 0 Å². The fourth-order valence-electron chi connectivity index (χ4n) is 1.65. The van der Waals surface area contributed by atoms with Crippen molar-refractivity contribution >= 4 is 27.1 Å². The molecule has 17 heavy (non-hydrogen) atoms. The molecule has 0 bridgehead atoms. The standard InChI is InChI=1S/C12H9BrN4/c13-10-6-11-12(14-7-10)16-17(15-11)8-9-4-2-1-3-5-9/h1-7H,8H2. The van der Waals surface area contributed by atoms with Crippen LogP contribution < -0.4 is 0 Å². The van der Waals surface area contributed by atoms with E-state index in [0.717, 1.165) is 9.99 Å². The van der Waals surface area contributed by atoms with E-state index in [4.69, 9.17) is 0 Å². The highest BCUT2D eigenvalue weighted by molar-refractivity contribution is 9.10. The van der Waals surface area contributed by atoms with Gasteiger partial charge in [-0.2, -0.15) is 9.90 Å². The Hall–Kier alpha value is -1.75. The molecule has 2 heterocycles. The maximum absolute atomic E-state index is 4.38. The highest BCUT2D eigenvalue weighted by atomic mass is 79.9. The first-order valence-corrected chi connectivity index (χ1v) is 6.01. The van der Waals surface area contributed by atoms with Gasteiger partial charge >= 0.3 is 0 Å². The highest BCUT2D eigenvalue weighted by Gasteiger charge is 2.04. The molecule has 0 fully saturated rings. The third kappa shape index (κ3) is 2.19. The molecule has 1 aromatic carbocycles. The molecule has 0 unspecified atom stereocenters. The summed E-state index contributed by atoms with van der Waals surface area (Å²) in [5, 5.41) is 8.70. The maximum Gasteiger partial charge on any atom is 0.201 e. The zero-order chi connectivity index (χ0) is 11.7. The number of rotatable bonds is 2. The van der Waals surface area contributed by atoms with E-state index in [9.17, 15) is 0 Å². The van der Waals surface area contributed by atoms with E-state index >= 15 is 0 Å². The Labute approximate surface area is 106 Å². The average Bonchev–Trinajstić information content (AvgIpc) is 2.71. The van der Waals surface area contributed by atoms with Gasteiger partial charge in [0.15, 0.2) is 0 Å². The second kappa shape index (κ2) is 4.25. The van der Waals surface area contributed by atoms with Crippen molar-refractivity contribution in [2.24, 2.45) is 0 Å². The summed E-state index contributed by atoms with van der Waals surface area (Å²) in [6.07, 6.45) is 1.73. The van der Waals surface area contributed by atoms with Crippen molar-refractivity contribution in [3.63, 3.8) is 0 Å². The molecular formula is C12H9BrN4. The van der Waals surface area contributed by atoms with Crippen LogP contribution in [-0.2, 0) is 6.54 Å². The summed E-state index contributed by atoms with van der Waals surface area (Å²) in [5.41, 5.74) is 2.64. The van der Waals surface area contributed by atoms with Gasteiger partial charge in [-0.3, -0.25) is 0 Å². The maximum atomic E-state index is 4.38. The summed E-state index contributed by atoms with van der Waals surface area (Å²) < 4.78 is 0.914. The molecule has 2 aromatic heterocycles. The van der Waals surface area contributed by atoms with Gasteiger partial charge in [0.05, 0.1) is 6.54 Å². The van der Waals surface area contributed by atoms with E-state index in [1.54, 1.807) is 11.0 Å². The summed E-state index contributed by atoms with van der Waals surface area (Å²) >= 11 is 3.37. The minimum Gasteiger partial charge on any atom is -0.232 e. The molecule has 0 aliphatic rings. The number of fused-ring (bicyclic) bond motifs is 1. The van der Waals surface area contributed by atoms with Crippen LogP contribution in [0.15, 0.2) is 47.1 Å². The van der Waals surface area contributed by atoms with Crippen LogP contribution in [0, 0.1) is 0 Å². The first kappa shape index (κ1) is 10.4. The average molecular weight is 289 g/mol. The topological polar surface area (TPSA) is 43.6 Å². The van der Waals surface area contributed by atoms with Gasteiger partial charge in [0.25, 0.3) is 0 Å². The lowest BCUT2D eigenvalue weighted by molar-refractivity contribution is 0.599. The number of hydrogen-bond acceptors (Lipinski definition) is 3. The van der Waals surface area contributed by atoms with Gasteiger partial charge < -0.3 is 0 Å². The van der Waals surface area contributed by atoms with Gasteiger partial charge in [0, 0.05) is 10.7 Å². The Balaban J connectivity index is 1.96.